The summed E-state index contributed by atoms with van der Waals surface area (Å²) in [6.07, 6.45) is -11.3. The third kappa shape index (κ3) is 5.14. The summed E-state index contributed by atoms with van der Waals surface area (Å²) in [5.41, 5.74) is -3.44. The summed E-state index contributed by atoms with van der Waals surface area (Å²) in [6, 6.07) is 6.58. The fraction of sp³-hybridized carbons (Fsp3) is 0.227. The van der Waals surface area contributed by atoms with Gasteiger partial charge in [0.15, 0.2) is 11.9 Å². The Morgan fingerprint density at radius 2 is 1.76 bits per heavy atom. The number of carbonyl (C=O) groups excluding carboxylic acids is 2. The van der Waals surface area contributed by atoms with E-state index >= 15 is 0 Å². The van der Waals surface area contributed by atoms with Gasteiger partial charge >= 0.3 is 12.4 Å². The number of carbonyl (C=O) groups is 2. The van der Waals surface area contributed by atoms with Crippen molar-refractivity contribution >= 4 is 23.2 Å². The van der Waals surface area contributed by atoms with Crippen LogP contribution in [0.4, 0.5) is 30.7 Å². The molecule has 7 nitrogen and oxygen atoms in total. The number of hydrogen-bond donors (Lipinski definition) is 4. The van der Waals surface area contributed by atoms with Gasteiger partial charge in [0.05, 0.1) is 28.9 Å². The van der Waals surface area contributed by atoms with Gasteiger partial charge in [-0.25, -0.2) is 9.37 Å². The summed E-state index contributed by atoms with van der Waals surface area (Å²) in [5, 5.41) is 16.3. The molecule has 0 aliphatic carbocycles. The van der Waals surface area contributed by atoms with Crippen LogP contribution < -0.4 is 16.0 Å². The maximum absolute atomic E-state index is 14.0. The molecule has 0 spiro atoms. The topological polar surface area (TPSA) is 103 Å². The molecule has 2 amide bonds. The highest BCUT2D eigenvalue weighted by atomic mass is 32.1. The molecule has 1 aliphatic heterocycles. The fourth-order valence-corrected chi connectivity index (χ4v) is 4.56. The van der Waals surface area contributed by atoms with Crippen LogP contribution in [0.25, 0.3) is 11.1 Å². The molecular formula is C22H15F7N4O3S. The van der Waals surface area contributed by atoms with Crippen molar-refractivity contribution < 1.29 is 45.4 Å². The van der Waals surface area contributed by atoms with Crippen LogP contribution in [-0.2, 0) is 22.7 Å². The Morgan fingerprint density at radius 3 is 2.32 bits per heavy atom. The van der Waals surface area contributed by atoms with Gasteiger partial charge in [-0.3, -0.25) is 14.9 Å². The van der Waals surface area contributed by atoms with Crippen molar-refractivity contribution in [2.45, 2.75) is 24.2 Å². The van der Waals surface area contributed by atoms with E-state index in [9.17, 15) is 45.4 Å². The number of halogens is 7. The smallest absolute Gasteiger partial charge is 0.361 e. The van der Waals surface area contributed by atoms with E-state index in [0.717, 1.165) is 48.0 Å². The Bertz CT molecular complexity index is 1340. The summed E-state index contributed by atoms with van der Waals surface area (Å²) < 4.78 is 93.3. The first-order chi connectivity index (χ1) is 17.2. The molecule has 0 saturated carbocycles. The average molecular weight is 548 g/mol. The van der Waals surface area contributed by atoms with Crippen molar-refractivity contribution in [2.24, 2.45) is 0 Å². The molecule has 3 aromatic rings. The molecule has 1 aliphatic rings. The van der Waals surface area contributed by atoms with Gasteiger partial charge in [-0.05, 0) is 35.4 Å². The lowest BCUT2D eigenvalue weighted by atomic mass is 9.93. The van der Waals surface area contributed by atoms with Crippen molar-refractivity contribution in [3.63, 3.8) is 0 Å². The molecule has 2 unspecified atom stereocenters. The molecule has 1 aromatic heterocycles. The Kier molecular flexibility index (Phi) is 6.73. The van der Waals surface area contributed by atoms with E-state index in [4.69, 9.17) is 0 Å². The average Bonchev–Trinajstić information content (AvgIpc) is 3.42. The maximum Gasteiger partial charge on any atom is 0.427 e. The number of amides is 2. The van der Waals surface area contributed by atoms with Crippen LogP contribution in [-0.4, -0.2) is 34.8 Å². The molecule has 2 aromatic carbocycles. The zero-order chi connectivity index (χ0) is 27.2. The van der Waals surface area contributed by atoms with E-state index in [1.54, 1.807) is 0 Å². The van der Waals surface area contributed by atoms with Gasteiger partial charge in [0.25, 0.3) is 11.8 Å². The molecule has 1 saturated heterocycles. The third-order valence-corrected chi connectivity index (χ3v) is 6.40. The predicted molar refractivity (Wildman–Crippen MR) is 115 cm³/mol. The first-order valence-corrected chi connectivity index (χ1v) is 11.1. The molecule has 37 heavy (non-hydrogen) atoms. The molecule has 15 heteroatoms. The Hall–Kier alpha value is -3.56. The molecule has 4 N–H and O–H groups in total. The van der Waals surface area contributed by atoms with Crippen molar-refractivity contribution in [1.82, 2.24) is 20.9 Å². The number of alkyl halides is 6. The third-order valence-electron chi connectivity index (χ3n) is 5.53. The highest BCUT2D eigenvalue weighted by Crippen LogP contribution is 2.40. The number of benzene rings is 2. The molecule has 4 rings (SSSR count). The maximum atomic E-state index is 14.0. The van der Waals surface area contributed by atoms with Gasteiger partial charge in [0, 0.05) is 0 Å². The zero-order valence-corrected chi connectivity index (χ0v) is 19.0. The van der Waals surface area contributed by atoms with Gasteiger partial charge in [-0.15, -0.1) is 11.3 Å². The molecular weight excluding hydrogens is 533 g/mol. The summed E-state index contributed by atoms with van der Waals surface area (Å²) in [5.74, 6) is -3.03. The molecule has 1 fully saturated rings. The number of aliphatic hydroxyl groups is 1. The standard InChI is InChI=1S/C22H15F7N4O3S/c23-12-5-6-13(10-1-3-11(4-2-10)21(24,25)26)14(7-12)17(34)30-8-20(18(35)32-19(36)33-20)15-16(22(27,28)29)37-9-31-15/h1-7,9,19,33,36H,8H2,(H,30,34)(H,32,35). The quantitative estimate of drug-likeness (QED) is 0.365. The zero-order valence-electron chi connectivity index (χ0n) is 18.2. The van der Waals surface area contributed by atoms with Crippen LogP contribution in [0.3, 0.4) is 0 Å². The van der Waals surface area contributed by atoms with Crippen LogP contribution in [0.2, 0.25) is 0 Å². The fourth-order valence-electron chi connectivity index (χ4n) is 3.83. The van der Waals surface area contributed by atoms with Crippen molar-refractivity contribution in [3.8, 4) is 11.1 Å². The summed E-state index contributed by atoms with van der Waals surface area (Å²) in [6.45, 7) is -0.843. The molecule has 2 atom stereocenters. The van der Waals surface area contributed by atoms with E-state index < -0.39 is 64.6 Å². The minimum atomic E-state index is -4.90. The number of thiazole rings is 1. The Morgan fingerprint density at radius 1 is 1.08 bits per heavy atom. The van der Waals surface area contributed by atoms with E-state index in [2.05, 4.69) is 15.6 Å². The number of aromatic nitrogens is 1. The number of hydrogen-bond acceptors (Lipinski definition) is 6. The number of aliphatic hydroxyl groups excluding tert-OH is 1. The van der Waals surface area contributed by atoms with Crippen LogP contribution in [0.15, 0.2) is 48.0 Å². The van der Waals surface area contributed by atoms with Gasteiger partial charge in [-0.1, -0.05) is 18.2 Å². The number of nitrogens with one attached hydrogen (secondary N) is 3. The van der Waals surface area contributed by atoms with Gasteiger partial charge in [0.1, 0.15) is 10.7 Å². The predicted octanol–water partition coefficient (Wildman–Crippen LogP) is 3.61. The SMILES string of the molecule is O=C(NCC1(c2ncsc2C(F)(F)F)NC(O)NC1=O)c1cc(F)ccc1-c1ccc(C(F)(F)F)cc1. The summed E-state index contributed by atoms with van der Waals surface area (Å²) in [4.78, 5) is 28.1. The first kappa shape index (κ1) is 26.5. The van der Waals surface area contributed by atoms with Crippen LogP contribution in [0.5, 0.6) is 0 Å². The normalized spacial score (nSPS) is 20.1. The summed E-state index contributed by atoms with van der Waals surface area (Å²) in [7, 11) is 0. The number of nitrogens with zero attached hydrogens (tertiary/aromatic N) is 1. The minimum absolute atomic E-state index is 0.0233. The second kappa shape index (κ2) is 9.39. The van der Waals surface area contributed by atoms with E-state index in [1.807, 2.05) is 5.32 Å². The monoisotopic (exact) mass is 548 g/mol. The largest absolute Gasteiger partial charge is 0.427 e. The van der Waals surface area contributed by atoms with Gasteiger partial charge in [-0.2, -0.15) is 26.3 Å². The first-order valence-electron chi connectivity index (χ1n) is 10.3. The molecule has 0 radical (unpaired) electrons. The second-order valence-corrected chi connectivity index (χ2v) is 8.76. The van der Waals surface area contributed by atoms with Crippen molar-refractivity contribution in [2.75, 3.05) is 6.54 Å². The Labute approximate surface area is 207 Å². The van der Waals surface area contributed by atoms with Crippen molar-refractivity contribution in [3.05, 3.63) is 75.5 Å². The van der Waals surface area contributed by atoms with E-state index in [1.165, 1.54) is 0 Å². The molecule has 196 valence electrons. The van der Waals surface area contributed by atoms with Crippen LogP contribution in [0, 0.1) is 5.82 Å². The number of rotatable bonds is 5. The highest BCUT2D eigenvalue weighted by molar-refractivity contribution is 7.09. The Balaban J connectivity index is 1.67. The summed E-state index contributed by atoms with van der Waals surface area (Å²) >= 11 is 0.200. The lowest BCUT2D eigenvalue weighted by molar-refractivity contribution is -0.138. The molecule has 0 bridgehead atoms. The van der Waals surface area contributed by atoms with Gasteiger partial charge < -0.3 is 15.7 Å². The highest BCUT2D eigenvalue weighted by Gasteiger charge is 2.54. The van der Waals surface area contributed by atoms with Crippen LogP contribution >= 0.6 is 11.3 Å². The van der Waals surface area contributed by atoms with E-state index in [-0.39, 0.29) is 28.0 Å². The van der Waals surface area contributed by atoms with Gasteiger partial charge in [0.2, 0.25) is 0 Å². The second-order valence-electron chi connectivity index (χ2n) is 7.90. The minimum Gasteiger partial charge on any atom is -0.361 e. The lowest BCUT2D eigenvalue weighted by Gasteiger charge is -2.27. The van der Waals surface area contributed by atoms with Crippen molar-refractivity contribution in [1.29, 1.82) is 0 Å². The lowest BCUT2D eigenvalue weighted by Crippen LogP contribution is -2.54. The van der Waals surface area contributed by atoms with Crippen LogP contribution in [0.1, 0.15) is 26.5 Å². The van der Waals surface area contributed by atoms with E-state index in [0.29, 0.717) is 0 Å². The molecule has 2 heterocycles.